The van der Waals surface area contributed by atoms with Crippen LogP contribution in [0.5, 0.6) is 0 Å². The monoisotopic (exact) mass is 372 g/mol. The first-order valence-corrected chi connectivity index (χ1v) is 7.99. The Bertz CT molecular complexity index is 543. The normalized spacial score (nSPS) is 12.8. The first kappa shape index (κ1) is 13.3. The minimum Gasteiger partial charge on any atom is -0.133 e. The van der Waals surface area contributed by atoms with E-state index >= 15 is 0 Å². The number of rotatable bonds is 2. The van der Waals surface area contributed by atoms with E-state index in [1.807, 2.05) is 0 Å². The molecule has 0 amide bonds. The Morgan fingerprint density at radius 2 is 1.82 bits per heavy atom. The fourth-order valence-electron chi connectivity index (χ4n) is 1.93. The van der Waals surface area contributed by atoms with Crippen LogP contribution in [-0.4, -0.2) is 0 Å². The first-order chi connectivity index (χ1) is 8.00. The van der Waals surface area contributed by atoms with Crippen LogP contribution < -0.4 is 0 Å². The first-order valence-electron chi connectivity index (χ1n) is 5.46. The predicted molar refractivity (Wildman–Crippen MR) is 83.4 cm³/mol. The second kappa shape index (κ2) is 5.25. The minimum absolute atomic E-state index is 0.282. The molecule has 90 valence electrons. The van der Waals surface area contributed by atoms with E-state index in [1.54, 1.807) is 11.3 Å². The van der Waals surface area contributed by atoms with E-state index in [9.17, 15) is 0 Å². The van der Waals surface area contributed by atoms with Crippen LogP contribution in [-0.2, 0) is 0 Å². The molecule has 1 atom stereocenters. The Morgan fingerprint density at radius 3 is 2.41 bits per heavy atom. The number of halogens is 2. The lowest BCUT2D eigenvalue weighted by molar-refractivity contribution is 1.12. The molecule has 0 radical (unpaired) electrons. The van der Waals surface area contributed by atoms with Gasteiger partial charge in [0.05, 0.1) is 8.61 Å². The van der Waals surface area contributed by atoms with E-state index in [2.05, 4.69) is 76.9 Å². The van der Waals surface area contributed by atoms with Crippen molar-refractivity contribution in [3.63, 3.8) is 0 Å². The lowest BCUT2D eigenvalue weighted by Gasteiger charge is -2.14. The molecule has 0 nitrogen and oxygen atoms in total. The summed E-state index contributed by atoms with van der Waals surface area (Å²) in [6.45, 7) is 6.52. The summed E-state index contributed by atoms with van der Waals surface area (Å²) in [5.41, 5.74) is 5.43. The molecule has 2 aromatic rings. The van der Waals surface area contributed by atoms with Crippen LogP contribution in [0.1, 0.15) is 32.0 Å². The van der Waals surface area contributed by atoms with Crippen molar-refractivity contribution < 1.29 is 0 Å². The van der Waals surface area contributed by atoms with E-state index in [-0.39, 0.29) is 4.83 Å². The van der Waals surface area contributed by atoms with Crippen LogP contribution >= 0.6 is 43.2 Å². The zero-order valence-electron chi connectivity index (χ0n) is 10.1. The number of aryl methyl sites for hydroxylation is 2. The van der Waals surface area contributed by atoms with Gasteiger partial charge in [-0.3, -0.25) is 0 Å². The van der Waals surface area contributed by atoms with Crippen molar-refractivity contribution >= 4 is 43.2 Å². The summed E-state index contributed by atoms with van der Waals surface area (Å²) in [7, 11) is 0. The molecule has 2 rings (SSSR count). The average Bonchev–Trinajstić information content (AvgIpc) is 2.61. The summed E-state index contributed by atoms with van der Waals surface area (Å²) in [6.07, 6.45) is 0. The third kappa shape index (κ3) is 2.67. The molecule has 0 bridgehead atoms. The van der Waals surface area contributed by atoms with Gasteiger partial charge in [-0.25, -0.2) is 0 Å². The van der Waals surface area contributed by atoms with Gasteiger partial charge in [-0.15, -0.1) is 11.3 Å². The zero-order chi connectivity index (χ0) is 12.6. The third-order valence-corrected chi connectivity index (χ3v) is 5.67. The maximum Gasteiger partial charge on any atom is 0.0704 e. The lowest BCUT2D eigenvalue weighted by atomic mass is 9.98. The van der Waals surface area contributed by atoms with Crippen molar-refractivity contribution in [1.29, 1.82) is 0 Å². The van der Waals surface area contributed by atoms with Gasteiger partial charge in [0.1, 0.15) is 0 Å². The molecule has 0 aliphatic carbocycles. The zero-order valence-corrected chi connectivity index (χ0v) is 14.0. The molecule has 1 heterocycles. The molecule has 0 saturated carbocycles. The van der Waals surface area contributed by atoms with E-state index in [1.165, 1.54) is 30.9 Å². The van der Waals surface area contributed by atoms with Crippen LogP contribution in [0.25, 0.3) is 0 Å². The highest BCUT2D eigenvalue weighted by Gasteiger charge is 2.17. The van der Waals surface area contributed by atoms with Crippen molar-refractivity contribution in [2.45, 2.75) is 25.6 Å². The number of hydrogen-bond acceptors (Lipinski definition) is 1. The van der Waals surface area contributed by atoms with E-state index in [0.29, 0.717) is 0 Å². The average molecular weight is 374 g/mol. The van der Waals surface area contributed by atoms with Crippen molar-refractivity contribution in [3.05, 3.63) is 55.2 Å². The summed E-state index contributed by atoms with van der Waals surface area (Å²) < 4.78 is 1.19. The molecule has 17 heavy (non-hydrogen) atoms. The maximum absolute atomic E-state index is 3.83. The van der Waals surface area contributed by atoms with Gasteiger partial charge in [0.25, 0.3) is 0 Å². The molecular formula is C14H14Br2S. The molecule has 1 aromatic carbocycles. The van der Waals surface area contributed by atoms with Gasteiger partial charge in [-0.1, -0.05) is 34.1 Å². The highest BCUT2D eigenvalue weighted by molar-refractivity contribution is 9.11. The van der Waals surface area contributed by atoms with E-state index in [4.69, 9.17) is 0 Å². The molecule has 1 unspecified atom stereocenters. The fourth-order valence-corrected chi connectivity index (χ4v) is 4.80. The Labute approximate surface area is 123 Å². The van der Waals surface area contributed by atoms with Gasteiger partial charge in [0.15, 0.2) is 0 Å². The van der Waals surface area contributed by atoms with Gasteiger partial charge >= 0.3 is 0 Å². The summed E-state index contributed by atoms with van der Waals surface area (Å²) in [6, 6.07) is 8.70. The van der Waals surface area contributed by atoms with Crippen LogP contribution in [0.2, 0.25) is 0 Å². The second-order valence-corrected chi connectivity index (χ2v) is 7.76. The van der Waals surface area contributed by atoms with Crippen molar-refractivity contribution in [2.75, 3.05) is 0 Å². The topological polar surface area (TPSA) is 0 Å². The summed E-state index contributed by atoms with van der Waals surface area (Å²) in [5.74, 6) is 0. The lowest BCUT2D eigenvalue weighted by Crippen LogP contribution is -1.97. The highest BCUT2D eigenvalue weighted by Crippen LogP contribution is 2.39. The third-order valence-electron chi connectivity index (χ3n) is 3.12. The van der Waals surface area contributed by atoms with Gasteiger partial charge in [0.2, 0.25) is 0 Å². The standard InChI is InChI=1S/C14H14Br2S/c1-8-5-4-6-11(9(8)2)14(16)12-7-13(15)17-10(12)3/h4-7,14H,1-3H3. The molecule has 0 spiro atoms. The molecule has 0 N–H and O–H groups in total. The van der Waals surface area contributed by atoms with Crippen molar-refractivity contribution in [3.8, 4) is 0 Å². The van der Waals surface area contributed by atoms with Crippen molar-refractivity contribution in [1.82, 2.24) is 0 Å². The van der Waals surface area contributed by atoms with Crippen LogP contribution in [0, 0.1) is 20.8 Å². The minimum atomic E-state index is 0.282. The summed E-state index contributed by atoms with van der Waals surface area (Å²) in [4.78, 5) is 1.64. The van der Waals surface area contributed by atoms with Crippen molar-refractivity contribution in [2.24, 2.45) is 0 Å². The smallest absolute Gasteiger partial charge is 0.0704 e. The summed E-state index contributed by atoms with van der Waals surface area (Å²) >= 11 is 9.17. The molecule has 3 heteroatoms. The maximum atomic E-state index is 3.83. The van der Waals surface area contributed by atoms with Crippen LogP contribution in [0.15, 0.2) is 28.1 Å². The van der Waals surface area contributed by atoms with E-state index in [0.717, 1.165) is 0 Å². The van der Waals surface area contributed by atoms with Gasteiger partial charge in [-0.2, -0.15) is 0 Å². The van der Waals surface area contributed by atoms with Gasteiger partial charge in [-0.05, 0) is 65.0 Å². The number of hydrogen-bond donors (Lipinski definition) is 0. The van der Waals surface area contributed by atoms with Crippen LogP contribution in [0.3, 0.4) is 0 Å². The Balaban J connectivity index is 2.47. The highest BCUT2D eigenvalue weighted by atomic mass is 79.9. The largest absolute Gasteiger partial charge is 0.133 e. The number of thiophene rings is 1. The molecule has 0 aliphatic rings. The SMILES string of the molecule is Cc1cccc(C(Br)c2cc(Br)sc2C)c1C. The van der Waals surface area contributed by atoms with E-state index < -0.39 is 0 Å². The molecular weight excluding hydrogens is 360 g/mol. The predicted octanol–water partition coefficient (Wildman–Crippen LogP) is 5.92. The van der Waals surface area contributed by atoms with Gasteiger partial charge in [0, 0.05) is 4.88 Å². The molecule has 0 saturated heterocycles. The number of benzene rings is 1. The fraction of sp³-hybridized carbons (Fsp3) is 0.286. The quantitative estimate of drug-likeness (QED) is 0.573. The van der Waals surface area contributed by atoms with Gasteiger partial charge < -0.3 is 0 Å². The molecule has 1 aromatic heterocycles. The Kier molecular flexibility index (Phi) is 4.11. The molecule has 0 aliphatic heterocycles. The summed E-state index contributed by atoms with van der Waals surface area (Å²) in [5, 5.41) is 0. The second-order valence-electron chi connectivity index (χ2n) is 4.21. The Morgan fingerprint density at radius 1 is 1.12 bits per heavy atom. The Hall–Kier alpha value is -0.120. The number of alkyl halides is 1. The molecule has 0 fully saturated rings. The van der Waals surface area contributed by atoms with Crippen LogP contribution in [0.4, 0.5) is 0 Å².